The summed E-state index contributed by atoms with van der Waals surface area (Å²) in [5.74, 6) is 0. The fourth-order valence-corrected chi connectivity index (χ4v) is 4.43. The summed E-state index contributed by atoms with van der Waals surface area (Å²) in [6.45, 7) is 4.38. The molecule has 6 aromatic rings. The Morgan fingerprint density at radius 2 is 1.13 bits per heavy atom. The Hall–Kier alpha value is -3.78. The fraction of sp³-hybridized carbons (Fsp3) is 0.0714. The van der Waals surface area contributed by atoms with Crippen LogP contribution in [0, 0.1) is 13.8 Å². The van der Waals surface area contributed by atoms with Crippen LogP contribution in [-0.2, 0) is 0 Å². The zero-order valence-electron chi connectivity index (χ0n) is 17.0. The predicted molar refractivity (Wildman–Crippen MR) is 127 cm³/mol. The number of hydrogen-bond donors (Lipinski definition) is 0. The van der Waals surface area contributed by atoms with Crippen molar-refractivity contribution in [3.8, 4) is 11.1 Å². The number of aromatic nitrogens is 2. The van der Waals surface area contributed by atoms with E-state index in [1.807, 2.05) is 12.1 Å². The molecule has 0 saturated carbocycles. The Bertz CT molecular complexity index is 1610. The van der Waals surface area contributed by atoms with E-state index in [-0.39, 0.29) is 0 Å². The maximum absolute atomic E-state index is 4.95. The van der Waals surface area contributed by atoms with Crippen molar-refractivity contribution in [2.24, 2.45) is 0 Å². The zero-order valence-corrected chi connectivity index (χ0v) is 17.0. The van der Waals surface area contributed by atoms with Gasteiger partial charge in [0.2, 0.25) is 0 Å². The number of fused-ring (bicyclic) bond motifs is 4. The molecule has 0 spiro atoms. The number of hydrogen-bond acceptors (Lipinski definition) is 2. The van der Waals surface area contributed by atoms with Gasteiger partial charge in [0.25, 0.3) is 0 Å². The van der Waals surface area contributed by atoms with Crippen molar-refractivity contribution in [3.05, 3.63) is 96.1 Å². The molecule has 0 amide bonds. The Morgan fingerprint density at radius 3 is 1.90 bits per heavy atom. The van der Waals surface area contributed by atoms with Crippen molar-refractivity contribution in [1.82, 2.24) is 9.97 Å². The molecule has 0 atom stereocenters. The molecule has 0 N–H and O–H groups in total. The van der Waals surface area contributed by atoms with Gasteiger partial charge >= 0.3 is 0 Å². The summed E-state index contributed by atoms with van der Waals surface area (Å²) < 4.78 is 0. The number of rotatable bonds is 1. The monoisotopic (exact) mass is 384 g/mol. The van der Waals surface area contributed by atoms with Gasteiger partial charge in [0.15, 0.2) is 0 Å². The minimum absolute atomic E-state index is 1.03. The molecule has 0 aliphatic heterocycles. The van der Waals surface area contributed by atoms with E-state index in [0.717, 1.165) is 22.1 Å². The first-order valence-corrected chi connectivity index (χ1v) is 10.3. The molecule has 2 aromatic heterocycles. The van der Waals surface area contributed by atoms with Crippen LogP contribution in [0.25, 0.3) is 54.7 Å². The van der Waals surface area contributed by atoms with Gasteiger partial charge in [-0.25, -0.2) is 9.97 Å². The smallest absolute Gasteiger partial charge is 0.0741 e. The van der Waals surface area contributed by atoms with Crippen LogP contribution in [-0.4, -0.2) is 9.97 Å². The maximum Gasteiger partial charge on any atom is 0.0741 e. The van der Waals surface area contributed by atoms with E-state index >= 15 is 0 Å². The van der Waals surface area contributed by atoms with Crippen LogP contribution in [0.2, 0.25) is 0 Å². The van der Waals surface area contributed by atoms with Crippen LogP contribution >= 0.6 is 0 Å². The van der Waals surface area contributed by atoms with E-state index in [0.29, 0.717) is 0 Å². The van der Waals surface area contributed by atoms with Gasteiger partial charge < -0.3 is 0 Å². The van der Waals surface area contributed by atoms with E-state index in [1.54, 1.807) is 0 Å². The molecule has 2 nitrogen and oxygen atoms in total. The molecule has 2 heteroatoms. The second kappa shape index (κ2) is 6.36. The molecular formula is C28H20N2. The molecule has 30 heavy (non-hydrogen) atoms. The summed E-state index contributed by atoms with van der Waals surface area (Å²) in [4.78, 5) is 9.77. The summed E-state index contributed by atoms with van der Waals surface area (Å²) in [6.07, 6.45) is 0. The van der Waals surface area contributed by atoms with Gasteiger partial charge in [-0.15, -0.1) is 0 Å². The molecule has 0 aliphatic rings. The van der Waals surface area contributed by atoms with Crippen molar-refractivity contribution in [2.45, 2.75) is 13.8 Å². The van der Waals surface area contributed by atoms with E-state index < -0.39 is 0 Å². The molecule has 0 radical (unpaired) electrons. The topological polar surface area (TPSA) is 25.8 Å². The van der Waals surface area contributed by atoms with Crippen LogP contribution in [0.5, 0.6) is 0 Å². The largest absolute Gasteiger partial charge is 0.248 e. The second-order valence-corrected chi connectivity index (χ2v) is 8.02. The minimum Gasteiger partial charge on any atom is -0.248 e. The maximum atomic E-state index is 4.95. The zero-order chi connectivity index (χ0) is 20.2. The van der Waals surface area contributed by atoms with Gasteiger partial charge in [0.05, 0.1) is 22.1 Å². The van der Waals surface area contributed by atoms with Crippen LogP contribution in [0.1, 0.15) is 11.1 Å². The molecule has 2 heterocycles. The Kier molecular flexibility index (Phi) is 3.63. The number of pyridine rings is 2. The first-order valence-electron chi connectivity index (χ1n) is 10.3. The molecule has 0 saturated heterocycles. The highest BCUT2D eigenvalue weighted by Crippen LogP contribution is 2.34. The highest BCUT2D eigenvalue weighted by atomic mass is 14.7. The van der Waals surface area contributed by atoms with Crippen molar-refractivity contribution in [3.63, 3.8) is 0 Å². The third-order valence-electron chi connectivity index (χ3n) is 6.20. The average molecular weight is 384 g/mol. The number of aryl methyl sites for hydroxylation is 1. The normalized spacial score (nSPS) is 11.7. The third-order valence-corrected chi connectivity index (χ3v) is 6.20. The average Bonchev–Trinajstić information content (AvgIpc) is 2.78. The highest BCUT2D eigenvalue weighted by Gasteiger charge is 2.12. The van der Waals surface area contributed by atoms with Gasteiger partial charge in [0, 0.05) is 21.5 Å². The minimum atomic E-state index is 1.03. The number of benzene rings is 4. The lowest BCUT2D eigenvalue weighted by atomic mass is 9.92. The lowest BCUT2D eigenvalue weighted by Gasteiger charge is -2.14. The Balaban J connectivity index is 1.61. The first kappa shape index (κ1) is 17.1. The molecule has 6 rings (SSSR count). The van der Waals surface area contributed by atoms with Gasteiger partial charge in [-0.1, -0.05) is 42.5 Å². The first-order chi connectivity index (χ1) is 14.7. The Labute approximate surface area is 174 Å². The van der Waals surface area contributed by atoms with Crippen molar-refractivity contribution in [1.29, 1.82) is 0 Å². The molecule has 0 bridgehead atoms. The van der Waals surface area contributed by atoms with Crippen LogP contribution in [0.3, 0.4) is 0 Å². The standard InChI is InChI=1S/C28H20N2/c1-17-18(2)28-23(15-21-8-4-6-10-26(21)30-28)16-24(17)19-11-12-27-22(13-19)14-20-7-3-5-9-25(20)29-27/h3-16H,1-2H3. The van der Waals surface area contributed by atoms with E-state index in [1.165, 1.54) is 43.8 Å². The second-order valence-electron chi connectivity index (χ2n) is 8.02. The van der Waals surface area contributed by atoms with Crippen molar-refractivity contribution < 1.29 is 0 Å². The SMILES string of the molecule is Cc1c(-c2ccc3nc4ccccc4cc3c2)cc2cc3ccccc3nc2c1C. The van der Waals surface area contributed by atoms with Gasteiger partial charge in [-0.3, -0.25) is 0 Å². The van der Waals surface area contributed by atoms with E-state index in [4.69, 9.17) is 9.97 Å². The molecule has 4 aromatic carbocycles. The van der Waals surface area contributed by atoms with Crippen LogP contribution in [0.4, 0.5) is 0 Å². The molecule has 142 valence electrons. The van der Waals surface area contributed by atoms with Gasteiger partial charge in [0.1, 0.15) is 0 Å². The quantitative estimate of drug-likeness (QED) is 0.277. The lowest BCUT2D eigenvalue weighted by Crippen LogP contribution is -1.93. The molecule has 0 unspecified atom stereocenters. The summed E-state index contributed by atoms with van der Waals surface area (Å²) in [6, 6.07) is 30.0. The highest BCUT2D eigenvalue weighted by molar-refractivity contribution is 5.99. The molecule has 0 fully saturated rings. The van der Waals surface area contributed by atoms with Gasteiger partial charge in [-0.2, -0.15) is 0 Å². The van der Waals surface area contributed by atoms with E-state index in [9.17, 15) is 0 Å². The summed E-state index contributed by atoms with van der Waals surface area (Å²) >= 11 is 0. The van der Waals surface area contributed by atoms with E-state index in [2.05, 4.69) is 86.6 Å². The molecule has 0 aliphatic carbocycles. The Morgan fingerprint density at radius 1 is 0.500 bits per heavy atom. The lowest BCUT2D eigenvalue weighted by molar-refractivity contribution is 1.34. The predicted octanol–water partition coefficient (Wildman–Crippen LogP) is 7.37. The summed E-state index contributed by atoms with van der Waals surface area (Å²) in [5, 5.41) is 4.70. The number of para-hydroxylation sites is 2. The van der Waals surface area contributed by atoms with Crippen molar-refractivity contribution in [2.75, 3.05) is 0 Å². The summed E-state index contributed by atoms with van der Waals surface area (Å²) in [7, 11) is 0. The van der Waals surface area contributed by atoms with Crippen LogP contribution < -0.4 is 0 Å². The molecular weight excluding hydrogens is 364 g/mol. The number of nitrogens with zero attached hydrogens (tertiary/aromatic N) is 2. The van der Waals surface area contributed by atoms with Gasteiger partial charge in [-0.05, 0) is 78.6 Å². The summed E-state index contributed by atoms with van der Waals surface area (Å²) in [5.41, 5.74) is 9.19. The third kappa shape index (κ3) is 2.57. The fourth-order valence-electron chi connectivity index (χ4n) is 4.43. The van der Waals surface area contributed by atoms with Crippen LogP contribution in [0.15, 0.2) is 84.9 Å². The van der Waals surface area contributed by atoms with Crippen molar-refractivity contribution >= 4 is 43.6 Å².